The highest BCUT2D eigenvalue weighted by Crippen LogP contribution is 2.31. The minimum atomic E-state index is -4.39. The van der Waals surface area contributed by atoms with Crippen LogP contribution < -0.4 is 4.72 Å². The SMILES string of the molecule is O=C(O)N(C(c1ccccc1)c1ccccc1)S(=O)(=O)Nc1ccccc1. The molecule has 7 heteroatoms. The summed E-state index contributed by atoms with van der Waals surface area (Å²) in [4.78, 5) is 12.0. The van der Waals surface area contributed by atoms with Gasteiger partial charge in [0.25, 0.3) is 0 Å². The highest BCUT2D eigenvalue weighted by atomic mass is 32.2. The lowest BCUT2D eigenvalue weighted by molar-refractivity contribution is 0.165. The molecular formula is C20H18N2O4S. The second-order valence-electron chi connectivity index (χ2n) is 5.78. The van der Waals surface area contributed by atoms with E-state index in [0.29, 0.717) is 15.4 Å². The Hall–Kier alpha value is -3.32. The van der Waals surface area contributed by atoms with Crippen molar-refractivity contribution in [1.29, 1.82) is 0 Å². The zero-order valence-electron chi connectivity index (χ0n) is 14.3. The fourth-order valence-electron chi connectivity index (χ4n) is 2.79. The van der Waals surface area contributed by atoms with Crippen LogP contribution in [0, 0.1) is 0 Å². The van der Waals surface area contributed by atoms with Crippen LogP contribution >= 0.6 is 0 Å². The Bertz CT molecular complexity index is 954. The van der Waals surface area contributed by atoms with Crippen LogP contribution in [0.25, 0.3) is 0 Å². The van der Waals surface area contributed by atoms with Crippen molar-refractivity contribution in [2.75, 3.05) is 4.72 Å². The largest absolute Gasteiger partial charge is 0.464 e. The molecule has 0 saturated heterocycles. The Morgan fingerprint density at radius 1 is 0.778 bits per heavy atom. The zero-order chi connectivity index (χ0) is 19.3. The summed E-state index contributed by atoms with van der Waals surface area (Å²) in [6, 6.07) is 24.5. The maximum atomic E-state index is 13.0. The van der Waals surface area contributed by atoms with E-state index < -0.39 is 22.3 Å². The van der Waals surface area contributed by atoms with E-state index in [9.17, 15) is 18.3 Å². The lowest BCUT2D eigenvalue weighted by atomic mass is 9.99. The molecule has 3 rings (SSSR count). The van der Waals surface area contributed by atoms with Gasteiger partial charge in [-0.2, -0.15) is 12.7 Å². The predicted molar refractivity (Wildman–Crippen MR) is 104 cm³/mol. The van der Waals surface area contributed by atoms with Gasteiger partial charge in [-0.1, -0.05) is 78.9 Å². The Labute approximate surface area is 157 Å². The highest BCUT2D eigenvalue weighted by Gasteiger charge is 2.36. The van der Waals surface area contributed by atoms with Crippen molar-refractivity contribution in [1.82, 2.24) is 4.31 Å². The molecule has 0 spiro atoms. The van der Waals surface area contributed by atoms with Crippen molar-refractivity contribution in [3.05, 3.63) is 102 Å². The quantitative estimate of drug-likeness (QED) is 0.672. The first-order valence-corrected chi connectivity index (χ1v) is 9.63. The summed E-state index contributed by atoms with van der Waals surface area (Å²) < 4.78 is 28.7. The molecule has 0 aliphatic carbocycles. The molecule has 6 nitrogen and oxygen atoms in total. The number of rotatable bonds is 6. The average Bonchev–Trinajstić information content (AvgIpc) is 2.67. The molecule has 0 unspecified atom stereocenters. The molecule has 1 amide bonds. The number of nitrogens with zero attached hydrogens (tertiary/aromatic N) is 1. The van der Waals surface area contributed by atoms with E-state index in [0.717, 1.165) is 0 Å². The van der Waals surface area contributed by atoms with Crippen LogP contribution in [-0.4, -0.2) is 23.9 Å². The van der Waals surface area contributed by atoms with Crippen LogP contribution in [0.3, 0.4) is 0 Å². The topological polar surface area (TPSA) is 86.7 Å². The van der Waals surface area contributed by atoms with Gasteiger partial charge in [0.05, 0.1) is 5.69 Å². The normalized spacial score (nSPS) is 11.1. The van der Waals surface area contributed by atoms with Gasteiger partial charge < -0.3 is 5.11 Å². The minimum Gasteiger partial charge on any atom is -0.464 e. The highest BCUT2D eigenvalue weighted by molar-refractivity contribution is 7.90. The van der Waals surface area contributed by atoms with Gasteiger partial charge in [-0.3, -0.25) is 4.72 Å². The van der Waals surface area contributed by atoms with Crippen molar-refractivity contribution in [3.8, 4) is 0 Å². The predicted octanol–water partition coefficient (Wildman–Crippen LogP) is 4.11. The van der Waals surface area contributed by atoms with Gasteiger partial charge in [-0.15, -0.1) is 0 Å². The van der Waals surface area contributed by atoms with Crippen LogP contribution in [0.15, 0.2) is 91.0 Å². The molecule has 0 fully saturated rings. The first kappa shape index (κ1) is 18.5. The third-order valence-electron chi connectivity index (χ3n) is 3.93. The van der Waals surface area contributed by atoms with Crippen molar-refractivity contribution in [2.45, 2.75) is 6.04 Å². The van der Waals surface area contributed by atoms with Crippen molar-refractivity contribution < 1.29 is 18.3 Å². The van der Waals surface area contributed by atoms with E-state index in [1.165, 1.54) is 0 Å². The minimum absolute atomic E-state index is 0.281. The number of anilines is 1. The molecular weight excluding hydrogens is 364 g/mol. The molecule has 0 atom stereocenters. The molecule has 0 aliphatic rings. The van der Waals surface area contributed by atoms with Crippen molar-refractivity contribution in [2.24, 2.45) is 0 Å². The number of benzene rings is 3. The maximum absolute atomic E-state index is 13.0. The van der Waals surface area contributed by atoms with E-state index in [4.69, 9.17) is 0 Å². The summed E-state index contributed by atoms with van der Waals surface area (Å²) in [5.41, 5.74) is 1.37. The molecule has 2 N–H and O–H groups in total. The third-order valence-corrected chi connectivity index (χ3v) is 5.31. The van der Waals surface area contributed by atoms with E-state index in [1.807, 2.05) is 0 Å². The fraction of sp³-hybridized carbons (Fsp3) is 0.0500. The number of carbonyl (C=O) groups is 1. The van der Waals surface area contributed by atoms with Gasteiger partial charge in [0.1, 0.15) is 6.04 Å². The molecule has 0 aliphatic heterocycles. The van der Waals surface area contributed by atoms with Crippen LogP contribution in [-0.2, 0) is 10.2 Å². The summed E-state index contributed by atoms with van der Waals surface area (Å²) >= 11 is 0. The number of para-hydroxylation sites is 1. The van der Waals surface area contributed by atoms with Gasteiger partial charge in [-0.05, 0) is 23.3 Å². The van der Waals surface area contributed by atoms with Crippen molar-refractivity contribution >= 4 is 22.0 Å². The summed E-state index contributed by atoms with van der Waals surface area (Å²) in [5.74, 6) is 0. The van der Waals surface area contributed by atoms with Gasteiger partial charge in [0, 0.05) is 0 Å². The monoisotopic (exact) mass is 382 g/mol. The Morgan fingerprint density at radius 3 is 1.59 bits per heavy atom. The standard InChI is InChI=1S/C20H18N2O4S/c23-20(24)22(27(25,26)21-18-14-8-3-9-15-18)19(16-10-4-1-5-11-16)17-12-6-2-7-13-17/h1-15,19,21H,(H,23,24). The Morgan fingerprint density at radius 2 is 1.19 bits per heavy atom. The van der Waals surface area contributed by atoms with E-state index in [1.54, 1.807) is 91.0 Å². The van der Waals surface area contributed by atoms with E-state index in [-0.39, 0.29) is 5.69 Å². The fourth-order valence-corrected chi connectivity index (χ4v) is 4.05. The molecule has 3 aromatic rings. The lowest BCUT2D eigenvalue weighted by Gasteiger charge is -2.29. The third kappa shape index (κ3) is 4.27. The summed E-state index contributed by atoms with van der Waals surface area (Å²) in [5, 5.41) is 9.79. The average molecular weight is 382 g/mol. The van der Waals surface area contributed by atoms with Gasteiger partial charge in [-0.25, -0.2) is 4.79 Å². The zero-order valence-corrected chi connectivity index (χ0v) is 15.1. The molecule has 3 aromatic carbocycles. The van der Waals surface area contributed by atoms with Crippen LogP contribution in [0.5, 0.6) is 0 Å². The lowest BCUT2D eigenvalue weighted by Crippen LogP contribution is -2.42. The molecule has 27 heavy (non-hydrogen) atoms. The molecule has 0 aromatic heterocycles. The molecule has 0 heterocycles. The summed E-state index contributed by atoms with van der Waals surface area (Å²) in [6.07, 6.45) is -1.57. The second-order valence-corrected chi connectivity index (χ2v) is 7.32. The second kappa shape index (κ2) is 7.92. The van der Waals surface area contributed by atoms with Gasteiger partial charge >= 0.3 is 16.3 Å². The Kier molecular flexibility index (Phi) is 5.42. The smallest absolute Gasteiger partial charge is 0.423 e. The number of hydrogen-bond acceptors (Lipinski definition) is 3. The van der Waals surface area contributed by atoms with Crippen LogP contribution in [0.2, 0.25) is 0 Å². The van der Waals surface area contributed by atoms with Crippen molar-refractivity contribution in [3.63, 3.8) is 0 Å². The maximum Gasteiger partial charge on any atom is 0.423 e. The van der Waals surface area contributed by atoms with E-state index in [2.05, 4.69) is 4.72 Å². The van der Waals surface area contributed by atoms with Gasteiger partial charge in [0.2, 0.25) is 0 Å². The number of nitrogens with one attached hydrogen (secondary N) is 1. The first-order chi connectivity index (χ1) is 13.0. The summed E-state index contributed by atoms with van der Waals surface area (Å²) in [7, 11) is -4.39. The molecule has 0 radical (unpaired) electrons. The molecule has 0 bridgehead atoms. The first-order valence-electron chi connectivity index (χ1n) is 8.19. The number of hydrogen-bond donors (Lipinski definition) is 2. The van der Waals surface area contributed by atoms with Gasteiger partial charge in [0.15, 0.2) is 0 Å². The molecule has 0 saturated carbocycles. The van der Waals surface area contributed by atoms with Crippen LogP contribution in [0.4, 0.5) is 10.5 Å². The number of carboxylic acid groups (broad SMARTS) is 1. The van der Waals surface area contributed by atoms with E-state index >= 15 is 0 Å². The number of amides is 1. The molecule has 138 valence electrons. The Balaban J connectivity index is 2.10. The summed E-state index contributed by atoms with van der Waals surface area (Å²) in [6.45, 7) is 0. The van der Waals surface area contributed by atoms with Crippen LogP contribution in [0.1, 0.15) is 17.2 Å².